The number of allylic oxidation sites excluding steroid dienone is 1. The maximum atomic E-state index is 10.7. The van der Waals surface area contributed by atoms with E-state index >= 15 is 0 Å². The van der Waals surface area contributed by atoms with E-state index in [2.05, 4.69) is 49.9 Å². The van der Waals surface area contributed by atoms with E-state index in [1.54, 1.807) is 0 Å². The first-order valence-electron chi connectivity index (χ1n) is 9.67. The molecule has 2 heteroatoms. The zero-order valence-electron chi connectivity index (χ0n) is 16.9. The largest absolute Gasteiger partial charge is 0.387 e. The lowest BCUT2D eigenvalue weighted by Gasteiger charge is -2.45. The zero-order valence-corrected chi connectivity index (χ0v) is 16.9. The molecule has 0 heterocycles. The normalized spacial score (nSPS) is 17.6. The first-order chi connectivity index (χ1) is 12.1. The van der Waals surface area contributed by atoms with E-state index in [-0.39, 0.29) is 5.60 Å². The van der Waals surface area contributed by atoms with Gasteiger partial charge in [-0.15, -0.1) is 0 Å². The van der Waals surface area contributed by atoms with Crippen LogP contribution in [-0.2, 0) is 10.3 Å². The smallest absolute Gasteiger partial charge is 0.0946 e. The van der Waals surface area contributed by atoms with Gasteiger partial charge in [-0.1, -0.05) is 49.3 Å². The number of fused-ring (bicyclic) bond motifs is 1. The topological polar surface area (TPSA) is 29.5 Å². The lowest BCUT2D eigenvalue weighted by atomic mass is 9.82. The molecule has 0 radical (unpaired) electrons. The van der Waals surface area contributed by atoms with Crippen molar-refractivity contribution in [3.05, 3.63) is 54.1 Å². The average molecular weight is 353 g/mol. The third-order valence-corrected chi connectivity index (χ3v) is 6.17. The molecular formula is C24H32O2. The number of rotatable bonds is 5. The Labute approximate surface area is 157 Å². The van der Waals surface area contributed by atoms with Crippen molar-refractivity contribution in [1.82, 2.24) is 0 Å². The molecule has 0 amide bonds. The van der Waals surface area contributed by atoms with Gasteiger partial charge in [-0.05, 0) is 81.5 Å². The van der Waals surface area contributed by atoms with Gasteiger partial charge in [0.15, 0.2) is 0 Å². The molecule has 0 unspecified atom stereocenters. The summed E-state index contributed by atoms with van der Waals surface area (Å²) in [5.41, 5.74) is 1.50. The predicted molar refractivity (Wildman–Crippen MR) is 110 cm³/mol. The van der Waals surface area contributed by atoms with Crippen LogP contribution < -0.4 is 0 Å². The highest BCUT2D eigenvalue weighted by Crippen LogP contribution is 2.49. The SMILES string of the molecule is C=C(C)c1cc2ccccc2cc1C1(OC(C)(C)C(C)(C)O)CCCC1. The summed E-state index contributed by atoms with van der Waals surface area (Å²) in [6.07, 6.45) is 4.24. The highest BCUT2D eigenvalue weighted by Gasteiger charge is 2.47. The van der Waals surface area contributed by atoms with Crippen LogP contribution >= 0.6 is 0 Å². The molecule has 0 aromatic heterocycles. The molecule has 1 fully saturated rings. The Morgan fingerprint density at radius 3 is 2.08 bits per heavy atom. The van der Waals surface area contributed by atoms with E-state index < -0.39 is 11.2 Å². The van der Waals surface area contributed by atoms with Gasteiger partial charge in [-0.2, -0.15) is 0 Å². The Kier molecular flexibility index (Phi) is 4.79. The highest BCUT2D eigenvalue weighted by molar-refractivity contribution is 5.87. The minimum absolute atomic E-state index is 0.373. The molecule has 0 spiro atoms. The maximum absolute atomic E-state index is 10.7. The van der Waals surface area contributed by atoms with Crippen LogP contribution in [0.5, 0.6) is 0 Å². The van der Waals surface area contributed by atoms with Crippen molar-refractivity contribution in [2.75, 3.05) is 0 Å². The summed E-state index contributed by atoms with van der Waals surface area (Å²) in [6, 6.07) is 13.0. The van der Waals surface area contributed by atoms with Gasteiger partial charge in [-0.3, -0.25) is 0 Å². The fraction of sp³-hybridized carbons (Fsp3) is 0.500. The number of aliphatic hydroxyl groups is 1. The van der Waals surface area contributed by atoms with E-state index in [9.17, 15) is 5.11 Å². The first-order valence-corrected chi connectivity index (χ1v) is 9.67. The summed E-state index contributed by atoms with van der Waals surface area (Å²) >= 11 is 0. The van der Waals surface area contributed by atoms with Gasteiger partial charge in [-0.25, -0.2) is 0 Å². The fourth-order valence-corrected chi connectivity index (χ4v) is 3.96. The van der Waals surface area contributed by atoms with Crippen molar-refractivity contribution in [2.24, 2.45) is 0 Å². The van der Waals surface area contributed by atoms with Gasteiger partial charge in [0.1, 0.15) is 0 Å². The van der Waals surface area contributed by atoms with Gasteiger partial charge in [0.2, 0.25) is 0 Å². The standard InChI is InChI=1S/C24H32O2/c1-17(2)20-15-18-11-7-8-12-19(18)16-21(20)24(13-9-10-14-24)26-23(5,6)22(3,4)25/h7-8,11-12,15-16,25H,1,9-10,13-14H2,2-6H3. The average Bonchev–Trinajstić information content (AvgIpc) is 3.01. The number of benzene rings is 2. The molecule has 140 valence electrons. The van der Waals surface area contributed by atoms with Crippen molar-refractivity contribution in [1.29, 1.82) is 0 Å². The fourth-order valence-electron chi connectivity index (χ4n) is 3.96. The van der Waals surface area contributed by atoms with Crippen LogP contribution in [0.2, 0.25) is 0 Å². The first kappa shape index (κ1) is 19.1. The molecule has 26 heavy (non-hydrogen) atoms. The van der Waals surface area contributed by atoms with Crippen molar-refractivity contribution >= 4 is 16.3 Å². The van der Waals surface area contributed by atoms with Crippen molar-refractivity contribution < 1.29 is 9.84 Å². The second-order valence-electron chi connectivity index (χ2n) is 8.90. The summed E-state index contributed by atoms with van der Waals surface area (Å²) < 4.78 is 6.79. The summed E-state index contributed by atoms with van der Waals surface area (Å²) in [4.78, 5) is 0. The second kappa shape index (κ2) is 6.51. The minimum atomic E-state index is -0.928. The zero-order chi connectivity index (χ0) is 19.2. The van der Waals surface area contributed by atoms with Crippen LogP contribution in [0.3, 0.4) is 0 Å². The lowest BCUT2D eigenvalue weighted by molar-refractivity contribution is -0.216. The minimum Gasteiger partial charge on any atom is -0.387 e. The third-order valence-electron chi connectivity index (χ3n) is 6.17. The Morgan fingerprint density at radius 2 is 1.58 bits per heavy atom. The quantitative estimate of drug-likeness (QED) is 0.693. The van der Waals surface area contributed by atoms with Crippen LogP contribution in [0.15, 0.2) is 43.0 Å². The van der Waals surface area contributed by atoms with Crippen LogP contribution in [-0.4, -0.2) is 16.3 Å². The van der Waals surface area contributed by atoms with Crippen molar-refractivity contribution in [2.45, 2.75) is 77.1 Å². The maximum Gasteiger partial charge on any atom is 0.0946 e. The van der Waals surface area contributed by atoms with Crippen LogP contribution in [0.1, 0.15) is 71.4 Å². The number of hydrogen-bond acceptors (Lipinski definition) is 2. The molecule has 1 N–H and O–H groups in total. The van der Waals surface area contributed by atoms with Crippen LogP contribution in [0.25, 0.3) is 16.3 Å². The summed E-state index contributed by atoms with van der Waals surface area (Å²) in [7, 11) is 0. The highest BCUT2D eigenvalue weighted by atomic mass is 16.5. The van der Waals surface area contributed by atoms with E-state index in [0.29, 0.717) is 0 Å². The van der Waals surface area contributed by atoms with E-state index in [1.807, 2.05) is 27.7 Å². The molecule has 1 aliphatic carbocycles. The van der Waals surface area contributed by atoms with Crippen molar-refractivity contribution in [3.63, 3.8) is 0 Å². The van der Waals surface area contributed by atoms with Crippen LogP contribution in [0, 0.1) is 0 Å². The molecule has 0 bridgehead atoms. The Hall–Kier alpha value is -1.64. The van der Waals surface area contributed by atoms with Crippen molar-refractivity contribution in [3.8, 4) is 0 Å². The number of hydrogen-bond donors (Lipinski definition) is 1. The van der Waals surface area contributed by atoms with E-state index in [0.717, 1.165) is 31.3 Å². The monoisotopic (exact) mass is 352 g/mol. The molecule has 0 saturated heterocycles. The molecule has 2 nitrogen and oxygen atoms in total. The summed E-state index contributed by atoms with van der Waals surface area (Å²) in [6.45, 7) is 13.9. The third kappa shape index (κ3) is 3.33. The Morgan fingerprint density at radius 1 is 1.04 bits per heavy atom. The molecule has 0 atom stereocenters. The summed E-state index contributed by atoms with van der Waals surface area (Å²) in [5.74, 6) is 0. The van der Waals surface area contributed by atoms with Gasteiger partial charge >= 0.3 is 0 Å². The Bertz CT molecular complexity index is 818. The molecule has 2 aromatic carbocycles. The molecular weight excluding hydrogens is 320 g/mol. The van der Waals surface area contributed by atoms with Gasteiger partial charge in [0.25, 0.3) is 0 Å². The van der Waals surface area contributed by atoms with Crippen LogP contribution in [0.4, 0.5) is 0 Å². The Balaban J connectivity index is 2.19. The molecule has 1 aliphatic rings. The van der Waals surface area contributed by atoms with Gasteiger partial charge in [0, 0.05) is 0 Å². The molecule has 0 aliphatic heterocycles. The molecule has 1 saturated carbocycles. The second-order valence-corrected chi connectivity index (χ2v) is 8.90. The predicted octanol–water partition coefficient (Wildman–Crippen LogP) is 6.21. The van der Waals surface area contributed by atoms with E-state index in [4.69, 9.17) is 4.74 Å². The number of ether oxygens (including phenoxy) is 1. The van der Waals surface area contributed by atoms with E-state index in [1.165, 1.54) is 21.9 Å². The molecule has 2 aromatic rings. The van der Waals surface area contributed by atoms with Gasteiger partial charge < -0.3 is 9.84 Å². The summed E-state index contributed by atoms with van der Waals surface area (Å²) in [5, 5.41) is 13.1. The lowest BCUT2D eigenvalue weighted by Crippen LogP contribution is -2.51. The molecule has 3 rings (SSSR count). The van der Waals surface area contributed by atoms with Gasteiger partial charge in [0.05, 0.1) is 16.8 Å².